The molecule has 3 nitrogen and oxygen atoms in total. The second-order valence-corrected chi connectivity index (χ2v) is 4.35. The number of hydrogen-bond donors (Lipinski definition) is 2. The van der Waals surface area contributed by atoms with Crippen LogP contribution in [0, 0.1) is 12.8 Å². The molecule has 1 atom stereocenters. The van der Waals surface area contributed by atoms with E-state index < -0.39 is 0 Å². The summed E-state index contributed by atoms with van der Waals surface area (Å²) in [6.07, 6.45) is 1.06. The number of benzene rings is 1. The van der Waals surface area contributed by atoms with Gasteiger partial charge in [0.15, 0.2) is 0 Å². The molecule has 1 heterocycles. The summed E-state index contributed by atoms with van der Waals surface area (Å²) in [4.78, 5) is 2.27. The topological polar surface area (TPSA) is 49.5 Å². The van der Waals surface area contributed by atoms with Crippen molar-refractivity contribution >= 4 is 11.4 Å². The average molecular weight is 206 g/mol. The van der Waals surface area contributed by atoms with Crippen molar-refractivity contribution in [1.82, 2.24) is 0 Å². The smallest absolute Gasteiger partial charge is 0.0602 e. The molecule has 0 aliphatic carbocycles. The zero-order chi connectivity index (χ0) is 10.8. The van der Waals surface area contributed by atoms with E-state index in [1.165, 1.54) is 5.56 Å². The largest absolute Gasteiger partial charge is 0.397 e. The number of aliphatic hydroxyl groups is 1. The Balaban J connectivity index is 2.19. The Morgan fingerprint density at radius 1 is 1.53 bits per heavy atom. The molecule has 1 unspecified atom stereocenters. The number of nitrogens with zero attached hydrogens (tertiary/aromatic N) is 1. The monoisotopic (exact) mass is 206 g/mol. The van der Waals surface area contributed by atoms with Gasteiger partial charge in [0.25, 0.3) is 0 Å². The summed E-state index contributed by atoms with van der Waals surface area (Å²) in [7, 11) is 0. The van der Waals surface area contributed by atoms with E-state index in [1.54, 1.807) is 0 Å². The average Bonchev–Trinajstić information content (AvgIpc) is 2.70. The summed E-state index contributed by atoms with van der Waals surface area (Å²) < 4.78 is 0. The van der Waals surface area contributed by atoms with Crippen LogP contribution in [0.3, 0.4) is 0 Å². The van der Waals surface area contributed by atoms with Gasteiger partial charge in [-0.1, -0.05) is 6.07 Å². The normalized spacial score (nSPS) is 20.9. The van der Waals surface area contributed by atoms with Crippen LogP contribution in [0.15, 0.2) is 18.2 Å². The zero-order valence-electron chi connectivity index (χ0n) is 9.11. The summed E-state index contributed by atoms with van der Waals surface area (Å²) in [6.45, 7) is 4.27. The molecule has 3 heteroatoms. The number of rotatable bonds is 2. The van der Waals surface area contributed by atoms with Crippen LogP contribution in [-0.4, -0.2) is 24.8 Å². The Bertz CT molecular complexity index is 351. The van der Waals surface area contributed by atoms with Crippen molar-refractivity contribution in [1.29, 1.82) is 0 Å². The predicted octanol–water partition coefficient (Wildman–Crippen LogP) is 1.40. The Hall–Kier alpha value is -1.22. The molecule has 1 aromatic rings. The molecule has 1 aromatic carbocycles. The van der Waals surface area contributed by atoms with Gasteiger partial charge in [0, 0.05) is 25.6 Å². The third kappa shape index (κ3) is 2.07. The molecule has 15 heavy (non-hydrogen) atoms. The van der Waals surface area contributed by atoms with Crippen molar-refractivity contribution < 1.29 is 5.11 Å². The third-order valence-corrected chi connectivity index (χ3v) is 3.07. The number of aryl methyl sites for hydroxylation is 1. The zero-order valence-corrected chi connectivity index (χ0v) is 9.11. The van der Waals surface area contributed by atoms with Crippen LogP contribution in [-0.2, 0) is 0 Å². The summed E-state index contributed by atoms with van der Waals surface area (Å²) in [5, 5.41) is 9.10. The number of anilines is 2. The molecule has 1 aliphatic rings. The fraction of sp³-hybridized carbons (Fsp3) is 0.500. The van der Waals surface area contributed by atoms with Gasteiger partial charge in [0.05, 0.1) is 11.4 Å². The first-order chi connectivity index (χ1) is 7.20. The van der Waals surface area contributed by atoms with E-state index in [9.17, 15) is 0 Å². The van der Waals surface area contributed by atoms with E-state index in [-0.39, 0.29) is 6.61 Å². The SMILES string of the molecule is Cc1ccc(N)c(N2CCC(CO)C2)c1. The van der Waals surface area contributed by atoms with Crippen LogP contribution in [0.1, 0.15) is 12.0 Å². The number of hydrogen-bond acceptors (Lipinski definition) is 3. The summed E-state index contributed by atoms with van der Waals surface area (Å²) >= 11 is 0. The quantitative estimate of drug-likeness (QED) is 0.719. The molecule has 1 fully saturated rings. The Morgan fingerprint density at radius 3 is 3.00 bits per heavy atom. The highest BCUT2D eigenvalue weighted by Gasteiger charge is 2.22. The molecule has 0 amide bonds. The van der Waals surface area contributed by atoms with Gasteiger partial charge in [-0.15, -0.1) is 0 Å². The first-order valence-electron chi connectivity index (χ1n) is 5.42. The van der Waals surface area contributed by atoms with Crippen molar-refractivity contribution in [3.63, 3.8) is 0 Å². The summed E-state index contributed by atoms with van der Waals surface area (Å²) in [5.41, 5.74) is 9.13. The Morgan fingerprint density at radius 2 is 2.33 bits per heavy atom. The lowest BCUT2D eigenvalue weighted by Gasteiger charge is -2.20. The molecule has 0 radical (unpaired) electrons. The van der Waals surface area contributed by atoms with Crippen LogP contribution in [0.4, 0.5) is 11.4 Å². The molecule has 82 valence electrons. The van der Waals surface area contributed by atoms with E-state index in [4.69, 9.17) is 10.8 Å². The van der Waals surface area contributed by atoms with E-state index in [0.29, 0.717) is 5.92 Å². The van der Waals surface area contributed by atoms with Gasteiger partial charge in [0.1, 0.15) is 0 Å². The fourth-order valence-electron chi connectivity index (χ4n) is 2.13. The van der Waals surface area contributed by atoms with Crippen molar-refractivity contribution in [2.24, 2.45) is 5.92 Å². The van der Waals surface area contributed by atoms with Gasteiger partial charge >= 0.3 is 0 Å². The van der Waals surface area contributed by atoms with Gasteiger partial charge in [0.2, 0.25) is 0 Å². The minimum atomic E-state index is 0.280. The molecule has 1 saturated heterocycles. The highest BCUT2D eigenvalue weighted by atomic mass is 16.3. The second kappa shape index (κ2) is 4.11. The maximum atomic E-state index is 9.10. The highest BCUT2D eigenvalue weighted by Crippen LogP contribution is 2.29. The maximum Gasteiger partial charge on any atom is 0.0602 e. The molecule has 0 spiro atoms. The molecule has 3 N–H and O–H groups in total. The van der Waals surface area contributed by atoms with Gasteiger partial charge in [-0.2, -0.15) is 0 Å². The van der Waals surface area contributed by atoms with E-state index in [2.05, 4.69) is 17.9 Å². The van der Waals surface area contributed by atoms with E-state index in [0.717, 1.165) is 30.9 Å². The lowest BCUT2D eigenvalue weighted by atomic mass is 10.1. The maximum absolute atomic E-state index is 9.10. The molecular formula is C12H18N2O. The minimum absolute atomic E-state index is 0.280. The first kappa shape index (κ1) is 10.3. The third-order valence-electron chi connectivity index (χ3n) is 3.07. The van der Waals surface area contributed by atoms with E-state index >= 15 is 0 Å². The van der Waals surface area contributed by atoms with Crippen molar-refractivity contribution in [3.8, 4) is 0 Å². The molecule has 0 saturated carbocycles. The van der Waals surface area contributed by atoms with Gasteiger partial charge < -0.3 is 15.7 Å². The second-order valence-electron chi connectivity index (χ2n) is 4.35. The number of nitrogens with two attached hydrogens (primary N) is 1. The van der Waals surface area contributed by atoms with Gasteiger partial charge in [-0.25, -0.2) is 0 Å². The van der Waals surface area contributed by atoms with Crippen LogP contribution in [0.5, 0.6) is 0 Å². The van der Waals surface area contributed by atoms with Gasteiger partial charge in [-0.3, -0.25) is 0 Å². The molecule has 1 aliphatic heterocycles. The van der Waals surface area contributed by atoms with Crippen molar-refractivity contribution in [2.75, 3.05) is 30.3 Å². The summed E-state index contributed by atoms with van der Waals surface area (Å²) in [5.74, 6) is 0.407. The van der Waals surface area contributed by atoms with E-state index in [1.807, 2.05) is 12.1 Å². The van der Waals surface area contributed by atoms with Crippen LogP contribution in [0.25, 0.3) is 0 Å². The predicted molar refractivity (Wildman–Crippen MR) is 63.0 cm³/mol. The minimum Gasteiger partial charge on any atom is -0.397 e. The lowest BCUT2D eigenvalue weighted by Crippen LogP contribution is -2.21. The number of nitrogen functional groups attached to an aromatic ring is 1. The first-order valence-corrected chi connectivity index (χ1v) is 5.42. The Kier molecular flexibility index (Phi) is 2.82. The van der Waals surface area contributed by atoms with Crippen LogP contribution >= 0.6 is 0 Å². The summed E-state index contributed by atoms with van der Waals surface area (Å²) in [6, 6.07) is 6.10. The lowest BCUT2D eigenvalue weighted by molar-refractivity contribution is 0.238. The highest BCUT2D eigenvalue weighted by molar-refractivity contribution is 5.68. The van der Waals surface area contributed by atoms with Crippen molar-refractivity contribution in [3.05, 3.63) is 23.8 Å². The van der Waals surface area contributed by atoms with Crippen LogP contribution < -0.4 is 10.6 Å². The molecule has 0 aromatic heterocycles. The number of aliphatic hydroxyl groups excluding tert-OH is 1. The molecular weight excluding hydrogens is 188 g/mol. The fourth-order valence-corrected chi connectivity index (χ4v) is 2.13. The van der Waals surface area contributed by atoms with Crippen LogP contribution in [0.2, 0.25) is 0 Å². The molecule has 2 rings (SSSR count). The molecule has 0 bridgehead atoms. The Labute approximate surface area is 90.5 Å². The van der Waals surface area contributed by atoms with Crippen molar-refractivity contribution in [2.45, 2.75) is 13.3 Å². The standard InChI is InChI=1S/C12H18N2O/c1-9-2-3-11(13)12(6-9)14-5-4-10(7-14)8-15/h2-3,6,10,15H,4-5,7-8,13H2,1H3. The van der Waals surface area contributed by atoms with Gasteiger partial charge in [-0.05, 0) is 31.0 Å².